The quantitative estimate of drug-likeness (QED) is 0.720. The van der Waals surface area contributed by atoms with Crippen LogP contribution in [0.15, 0.2) is 24.3 Å². The van der Waals surface area contributed by atoms with E-state index >= 15 is 0 Å². The van der Waals surface area contributed by atoms with E-state index in [9.17, 15) is 0 Å². The maximum absolute atomic E-state index is 8.62. The Morgan fingerprint density at radius 3 is 2.57 bits per heavy atom. The summed E-state index contributed by atoms with van der Waals surface area (Å²) in [4.78, 5) is 2.49. The number of ether oxygens (including phenoxy) is 1. The Morgan fingerprint density at radius 2 is 1.90 bits per heavy atom. The van der Waals surface area contributed by atoms with Crippen molar-refractivity contribution in [1.29, 1.82) is 0 Å². The summed E-state index contributed by atoms with van der Waals surface area (Å²) in [6.07, 6.45) is 2.35. The molecule has 2 rings (SSSR count). The van der Waals surface area contributed by atoms with Crippen molar-refractivity contribution in [2.75, 3.05) is 39.5 Å². The lowest BCUT2D eigenvalue weighted by Gasteiger charge is -2.32. The highest BCUT2D eigenvalue weighted by atomic mass is 35.5. The Kier molecular flexibility index (Phi) is 7.47. The minimum atomic E-state index is 0.100. The first-order valence-electron chi connectivity index (χ1n) is 7.66. The third kappa shape index (κ3) is 6.32. The summed E-state index contributed by atoms with van der Waals surface area (Å²) in [7, 11) is 0. The topological polar surface area (TPSA) is 44.7 Å². The first kappa shape index (κ1) is 16.7. The number of benzene rings is 1. The molecule has 1 saturated heterocycles. The number of nitrogens with zero attached hydrogens (tertiary/aromatic N) is 1. The van der Waals surface area contributed by atoms with Crippen molar-refractivity contribution < 1.29 is 9.84 Å². The van der Waals surface area contributed by atoms with Crippen molar-refractivity contribution in [3.63, 3.8) is 0 Å². The lowest BCUT2D eigenvalue weighted by atomic mass is 10.0. The van der Waals surface area contributed by atoms with Crippen LogP contribution in [-0.4, -0.2) is 55.5 Å². The van der Waals surface area contributed by atoms with Crippen molar-refractivity contribution in [3.05, 3.63) is 34.9 Å². The van der Waals surface area contributed by atoms with Crippen LogP contribution in [0.1, 0.15) is 18.4 Å². The lowest BCUT2D eigenvalue weighted by molar-refractivity contribution is 0.0901. The molecular weight excluding hydrogens is 288 g/mol. The van der Waals surface area contributed by atoms with Crippen molar-refractivity contribution in [3.8, 4) is 0 Å². The second kappa shape index (κ2) is 9.38. The monoisotopic (exact) mass is 312 g/mol. The van der Waals surface area contributed by atoms with E-state index in [4.69, 9.17) is 21.4 Å². The number of nitrogens with one attached hydrogen (secondary N) is 1. The molecule has 1 heterocycles. The molecule has 0 aromatic heterocycles. The molecule has 21 heavy (non-hydrogen) atoms. The fourth-order valence-electron chi connectivity index (χ4n) is 2.65. The van der Waals surface area contributed by atoms with Crippen LogP contribution >= 0.6 is 11.6 Å². The Labute approximate surface area is 132 Å². The van der Waals surface area contributed by atoms with Gasteiger partial charge in [0, 0.05) is 24.2 Å². The number of rotatable bonds is 8. The molecule has 0 bridgehead atoms. The first-order valence-corrected chi connectivity index (χ1v) is 8.04. The number of aliphatic hydroxyl groups is 1. The van der Waals surface area contributed by atoms with Gasteiger partial charge in [-0.25, -0.2) is 0 Å². The number of hydrogen-bond donors (Lipinski definition) is 2. The molecule has 0 radical (unpaired) electrons. The highest BCUT2D eigenvalue weighted by Crippen LogP contribution is 2.15. The van der Waals surface area contributed by atoms with Crippen LogP contribution in [0.5, 0.6) is 0 Å². The summed E-state index contributed by atoms with van der Waals surface area (Å²) in [5, 5.41) is 12.9. The van der Waals surface area contributed by atoms with Gasteiger partial charge < -0.3 is 15.2 Å². The summed E-state index contributed by atoms with van der Waals surface area (Å²) >= 11 is 5.91. The van der Waals surface area contributed by atoms with Gasteiger partial charge in [-0.05, 0) is 43.6 Å². The fraction of sp³-hybridized carbons (Fsp3) is 0.625. The maximum atomic E-state index is 8.62. The predicted molar refractivity (Wildman–Crippen MR) is 85.7 cm³/mol. The van der Waals surface area contributed by atoms with E-state index in [1.165, 1.54) is 18.4 Å². The average molecular weight is 313 g/mol. The zero-order chi connectivity index (χ0) is 14.9. The largest absolute Gasteiger partial charge is 0.394 e. The van der Waals surface area contributed by atoms with Gasteiger partial charge in [0.15, 0.2) is 0 Å². The molecule has 118 valence electrons. The number of hydrogen-bond acceptors (Lipinski definition) is 4. The van der Waals surface area contributed by atoms with E-state index in [1.807, 2.05) is 12.1 Å². The van der Waals surface area contributed by atoms with Crippen LogP contribution in [0.25, 0.3) is 0 Å². The van der Waals surface area contributed by atoms with E-state index in [1.54, 1.807) is 0 Å². The Morgan fingerprint density at radius 1 is 1.19 bits per heavy atom. The van der Waals surface area contributed by atoms with Crippen LogP contribution in [-0.2, 0) is 11.3 Å². The van der Waals surface area contributed by atoms with Gasteiger partial charge in [0.1, 0.15) is 0 Å². The summed E-state index contributed by atoms with van der Waals surface area (Å²) < 4.78 is 5.25. The van der Waals surface area contributed by atoms with Gasteiger partial charge in [-0.1, -0.05) is 23.7 Å². The van der Waals surface area contributed by atoms with Gasteiger partial charge in [-0.3, -0.25) is 4.90 Å². The van der Waals surface area contributed by atoms with Crippen LogP contribution in [0.4, 0.5) is 0 Å². The summed E-state index contributed by atoms with van der Waals surface area (Å²) in [5.41, 5.74) is 1.32. The Hall–Kier alpha value is -0.650. The van der Waals surface area contributed by atoms with Crippen molar-refractivity contribution in [1.82, 2.24) is 10.2 Å². The molecule has 1 aromatic rings. The molecule has 1 aromatic carbocycles. The maximum Gasteiger partial charge on any atom is 0.0698 e. The minimum absolute atomic E-state index is 0.100. The molecule has 0 saturated carbocycles. The molecule has 1 aliphatic rings. The summed E-state index contributed by atoms with van der Waals surface area (Å²) in [6.45, 7) is 5.32. The lowest BCUT2D eigenvalue weighted by Crippen LogP contribution is -2.43. The molecular formula is C16H25ClN2O2. The van der Waals surface area contributed by atoms with Crippen LogP contribution < -0.4 is 5.32 Å². The second-order valence-electron chi connectivity index (χ2n) is 5.47. The zero-order valence-electron chi connectivity index (χ0n) is 12.4. The molecule has 1 aliphatic heterocycles. The molecule has 1 fully saturated rings. The van der Waals surface area contributed by atoms with Crippen LogP contribution in [0, 0.1) is 0 Å². The Balaban J connectivity index is 1.60. The smallest absolute Gasteiger partial charge is 0.0698 e. The first-order chi connectivity index (χ1) is 10.3. The highest BCUT2D eigenvalue weighted by Gasteiger charge is 2.18. The van der Waals surface area contributed by atoms with E-state index in [2.05, 4.69) is 22.3 Å². The van der Waals surface area contributed by atoms with Gasteiger partial charge in [0.05, 0.1) is 19.8 Å². The minimum Gasteiger partial charge on any atom is -0.394 e. The second-order valence-corrected chi connectivity index (χ2v) is 5.90. The number of piperidine rings is 1. The van der Waals surface area contributed by atoms with Crippen molar-refractivity contribution in [2.24, 2.45) is 0 Å². The van der Waals surface area contributed by atoms with Crippen LogP contribution in [0.2, 0.25) is 5.02 Å². The number of halogens is 1. The van der Waals surface area contributed by atoms with Gasteiger partial charge in [0.2, 0.25) is 0 Å². The van der Waals surface area contributed by atoms with E-state index < -0.39 is 0 Å². The van der Waals surface area contributed by atoms with E-state index in [0.717, 1.165) is 31.2 Å². The van der Waals surface area contributed by atoms with E-state index in [-0.39, 0.29) is 6.61 Å². The van der Waals surface area contributed by atoms with Crippen molar-refractivity contribution >= 4 is 11.6 Å². The van der Waals surface area contributed by atoms with Gasteiger partial charge >= 0.3 is 0 Å². The van der Waals surface area contributed by atoms with Gasteiger partial charge in [0.25, 0.3) is 0 Å². The third-order valence-corrected chi connectivity index (χ3v) is 4.07. The summed E-state index contributed by atoms with van der Waals surface area (Å²) in [6, 6.07) is 8.70. The third-order valence-electron chi connectivity index (χ3n) is 3.82. The Bertz CT molecular complexity index is 392. The molecule has 5 heteroatoms. The van der Waals surface area contributed by atoms with E-state index in [0.29, 0.717) is 19.3 Å². The fourth-order valence-corrected chi connectivity index (χ4v) is 2.77. The molecule has 2 N–H and O–H groups in total. The summed E-state index contributed by atoms with van der Waals surface area (Å²) in [5.74, 6) is 0. The predicted octanol–water partition coefficient (Wildman–Crippen LogP) is 1.90. The van der Waals surface area contributed by atoms with Crippen LogP contribution in [0.3, 0.4) is 0 Å². The molecule has 0 amide bonds. The molecule has 0 unspecified atom stereocenters. The standard InChI is InChI=1S/C16H25ClN2O2/c17-15-3-1-14(2-4-15)13-19-8-5-16(6-9-19)18-7-11-21-12-10-20/h1-4,16,18,20H,5-13H2. The van der Waals surface area contributed by atoms with Gasteiger partial charge in [-0.15, -0.1) is 0 Å². The molecule has 0 spiro atoms. The van der Waals surface area contributed by atoms with Gasteiger partial charge in [-0.2, -0.15) is 0 Å². The SMILES string of the molecule is OCCOCCNC1CCN(Cc2ccc(Cl)cc2)CC1. The molecule has 0 atom stereocenters. The number of likely N-dealkylation sites (tertiary alicyclic amines) is 1. The molecule has 4 nitrogen and oxygen atoms in total. The molecule has 0 aliphatic carbocycles. The average Bonchev–Trinajstić information content (AvgIpc) is 2.51. The zero-order valence-corrected chi connectivity index (χ0v) is 13.2. The number of aliphatic hydroxyl groups excluding tert-OH is 1. The normalized spacial score (nSPS) is 17.2. The van der Waals surface area contributed by atoms with Crippen molar-refractivity contribution in [2.45, 2.75) is 25.4 Å². The highest BCUT2D eigenvalue weighted by molar-refractivity contribution is 6.30.